The largest absolute Gasteiger partial charge is 0.345 e. The molecule has 0 aliphatic carbocycles. The van der Waals surface area contributed by atoms with E-state index in [2.05, 4.69) is 24.5 Å². The van der Waals surface area contributed by atoms with Crippen molar-refractivity contribution < 1.29 is 4.79 Å². The Balaban J connectivity index is 2.02. The Hall–Kier alpha value is -0.220. The number of carbonyl (C=O) groups is 1. The van der Waals surface area contributed by atoms with Crippen LogP contribution in [-0.4, -0.2) is 47.8 Å². The van der Waals surface area contributed by atoms with Crippen molar-refractivity contribution in [1.82, 2.24) is 9.80 Å². The fourth-order valence-electron chi connectivity index (χ4n) is 2.56. The molecule has 1 atom stereocenters. The number of hydrogen-bond acceptors (Lipinski definition) is 3. The van der Waals surface area contributed by atoms with Gasteiger partial charge < -0.3 is 4.90 Å². The monoisotopic (exact) mass is 214 g/mol. The minimum absolute atomic E-state index is 0.0516. The summed E-state index contributed by atoms with van der Waals surface area (Å²) < 4.78 is 0. The average Bonchev–Trinajstić information content (AvgIpc) is 2.05. The predicted octanol–water partition coefficient (Wildman–Crippen LogP) is 0.816. The van der Waals surface area contributed by atoms with E-state index in [1.54, 1.807) is 0 Å². The molecule has 0 aromatic rings. The van der Waals surface area contributed by atoms with Crippen LogP contribution in [0.2, 0.25) is 0 Å². The maximum atomic E-state index is 12.0. The summed E-state index contributed by atoms with van der Waals surface area (Å²) in [6.45, 7) is 4.80. The predicted molar refractivity (Wildman–Crippen MR) is 59.3 cm³/mol. The first kappa shape index (κ1) is 10.3. The van der Waals surface area contributed by atoms with E-state index in [9.17, 15) is 4.79 Å². The number of rotatable bonds is 1. The summed E-state index contributed by atoms with van der Waals surface area (Å²) in [6, 6.07) is 0. The smallest absolute Gasteiger partial charge is 0.231 e. The molecule has 3 nitrogen and oxygen atoms in total. The number of carbonyl (C=O) groups excluding carboxylic acids is 1. The zero-order valence-electron chi connectivity index (χ0n) is 8.86. The molecule has 2 heterocycles. The Morgan fingerprint density at radius 1 is 1.50 bits per heavy atom. The molecule has 80 valence electrons. The molecule has 1 amide bonds. The van der Waals surface area contributed by atoms with Gasteiger partial charge in [-0.1, -0.05) is 0 Å². The van der Waals surface area contributed by atoms with Gasteiger partial charge in [0.15, 0.2) is 0 Å². The topological polar surface area (TPSA) is 23.6 Å². The minimum Gasteiger partial charge on any atom is -0.345 e. The lowest BCUT2D eigenvalue weighted by molar-refractivity contribution is -0.158. The number of likely N-dealkylation sites (tertiary alicyclic amines) is 2. The van der Waals surface area contributed by atoms with Gasteiger partial charge in [-0.15, -0.1) is 0 Å². The van der Waals surface area contributed by atoms with E-state index in [-0.39, 0.29) is 10.8 Å². The van der Waals surface area contributed by atoms with E-state index in [0.29, 0.717) is 5.91 Å². The molecular formula is C10H18N2OS. The molecule has 1 unspecified atom stereocenters. The molecule has 2 fully saturated rings. The molecular weight excluding hydrogens is 196 g/mol. The summed E-state index contributed by atoms with van der Waals surface area (Å²) in [6.07, 6.45) is 2.21. The zero-order chi connectivity index (χ0) is 10.3. The lowest BCUT2D eigenvalue weighted by Crippen LogP contribution is -2.66. The van der Waals surface area contributed by atoms with Gasteiger partial charge in [0.25, 0.3) is 0 Å². The Morgan fingerprint density at radius 3 is 2.71 bits per heavy atom. The molecule has 0 N–H and O–H groups in total. The first-order valence-electron chi connectivity index (χ1n) is 5.23. The van der Waals surface area contributed by atoms with E-state index in [4.69, 9.17) is 0 Å². The SMILES string of the molecule is CC(S)N1CC2(CCCN(C)C2=O)C1. The highest BCUT2D eigenvalue weighted by atomic mass is 32.1. The van der Waals surface area contributed by atoms with Crippen LogP contribution in [0.25, 0.3) is 0 Å². The molecule has 0 aromatic heterocycles. The van der Waals surface area contributed by atoms with Gasteiger partial charge in [-0.25, -0.2) is 0 Å². The van der Waals surface area contributed by atoms with Crippen molar-refractivity contribution in [2.75, 3.05) is 26.7 Å². The summed E-state index contributed by atoms with van der Waals surface area (Å²) >= 11 is 4.38. The Kier molecular flexibility index (Phi) is 2.52. The van der Waals surface area contributed by atoms with Crippen LogP contribution in [0.4, 0.5) is 0 Å². The molecule has 2 aliphatic rings. The van der Waals surface area contributed by atoms with E-state index < -0.39 is 0 Å². The van der Waals surface area contributed by atoms with Crippen LogP contribution in [-0.2, 0) is 4.79 Å². The van der Waals surface area contributed by atoms with Crippen molar-refractivity contribution in [3.05, 3.63) is 0 Å². The van der Waals surface area contributed by atoms with E-state index in [0.717, 1.165) is 32.5 Å². The molecule has 0 radical (unpaired) electrons. The van der Waals surface area contributed by atoms with Crippen LogP contribution >= 0.6 is 12.6 Å². The van der Waals surface area contributed by atoms with Crippen molar-refractivity contribution in [1.29, 1.82) is 0 Å². The maximum absolute atomic E-state index is 12.0. The number of nitrogens with zero attached hydrogens (tertiary/aromatic N) is 2. The van der Waals surface area contributed by atoms with Crippen LogP contribution < -0.4 is 0 Å². The molecule has 2 aliphatic heterocycles. The summed E-state index contributed by atoms with van der Waals surface area (Å²) in [4.78, 5) is 16.1. The van der Waals surface area contributed by atoms with Gasteiger partial charge in [0.2, 0.25) is 5.91 Å². The van der Waals surface area contributed by atoms with Crippen LogP contribution in [0.1, 0.15) is 19.8 Å². The molecule has 0 bridgehead atoms. The second kappa shape index (κ2) is 3.42. The fourth-order valence-corrected chi connectivity index (χ4v) is 2.72. The van der Waals surface area contributed by atoms with Gasteiger partial charge in [-0.2, -0.15) is 12.6 Å². The van der Waals surface area contributed by atoms with Gasteiger partial charge >= 0.3 is 0 Å². The second-order valence-electron chi connectivity index (χ2n) is 4.65. The van der Waals surface area contributed by atoms with Crippen molar-refractivity contribution in [2.45, 2.75) is 25.1 Å². The summed E-state index contributed by atoms with van der Waals surface area (Å²) in [5.41, 5.74) is -0.0516. The van der Waals surface area contributed by atoms with Crippen molar-refractivity contribution in [3.8, 4) is 0 Å². The highest BCUT2D eigenvalue weighted by Gasteiger charge is 2.52. The van der Waals surface area contributed by atoms with Crippen LogP contribution in [0, 0.1) is 5.41 Å². The molecule has 0 saturated carbocycles. The summed E-state index contributed by atoms with van der Waals surface area (Å²) in [7, 11) is 1.91. The minimum atomic E-state index is -0.0516. The summed E-state index contributed by atoms with van der Waals surface area (Å²) in [5.74, 6) is 0.342. The van der Waals surface area contributed by atoms with Crippen molar-refractivity contribution in [3.63, 3.8) is 0 Å². The Morgan fingerprint density at radius 2 is 2.14 bits per heavy atom. The highest BCUT2D eigenvalue weighted by molar-refractivity contribution is 7.80. The van der Waals surface area contributed by atoms with E-state index in [1.165, 1.54) is 0 Å². The van der Waals surface area contributed by atoms with Crippen LogP contribution in [0.3, 0.4) is 0 Å². The molecule has 14 heavy (non-hydrogen) atoms. The number of thiol groups is 1. The third-order valence-corrected chi connectivity index (χ3v) is 3.82. The van der Waals surface area contributed by atoms with Crippen molar-refractivity contribution in [2.24, 2.45) is 5.41 Å². The van der Waals surface area contributed by atoms with Gasteiger partial charge in [0, 0.05) is 32.1 Å². The third-order valence-electron chi connectivity index (χ3n) is 3.49. The third kappa shape index (κ3) is 1.44. The van der Waals surface area contributed by atoms with E-state index in [1.807, 2.05) is 11.9 Å². The number of piperidine rings is 1. The molecule has 2 rings (SSSR count). The second-order valence-corrected chi connectivity index (χ2v) is 5.39. The lowest BCUT2D eigenvalue weighted by atomic mass is 9.72. The van der Waals surface area contributed by atoms with Crippen molar-refractivity contribution >= 4 is 18.5 Å². The first-order valence-corrected chi connectivity index (χ1v) is 5.74. The molecule has 2 saturated heterocycles. The zero-order valence-corrected chi connectivity index (χ0v) is 9.76. The van der Waals surface area contributed by atoms with E-state index >= 15 is 0 Å². The van der Waals surface area contributed by atoms with Crippen LogP contribution in [0.15, 0.2) is 0 Å². The molecule has 4 heteroatoms. The average molecular weight is 214 g/mol. The fraction of sp³-hybridized carbons (Fsp3) is 0.900. The first-order chi connectivity index (χ1) is 6.55. The lowest BCUT2D eigenvalue weighted by Gasteiger charge is -2.53. The molecule has 0 aromatic carbocycles. The Bertz CT molecular complexity index is 249. The maximum Gasteiger partial charge on any atom is 0.231 e. The number of hydrogen-bond donors (Lipinski definition) is 1. The van der Waals surface area contributed by atoms with Gasteiger partial charge in [0.1, 0.15) is 0 Å². The van der Waals surface area contributed by atoms with Crippen LogP contribution in [0.5, 0.6) is 0 Å². The highest BCUT2D eigenvalue weighted by Crippen LogP contribution is 2.40. The van der Waals surface area contributed by atoms with Gasteiger partial charge in [-0.05, 0) is 19.8 Å². The van der Waals surface area contributed by atoms with Gasteiger partial charge in [-0.3, -0.25) is 9.69 Å². The van der Waals surface area contributed by atoms with Gasteiger partial charge in [0.05, 0.1) is 5.41 Å². The summed E-state index contributed by atoms with van der Waals surface area (Å²) in [5, 5.41) is 0.278. The molecule has 1 spiro atoms. The number of amides is 1. The Labute approximate surface area is 90.8 Å². The standard InChI is InChI=1S/C10H18N2OS/c1-8(14)12-6-10(7-12)4-3-5-11(2)9(10)13/h8,14H,3-7H2,1-2H3. The normalized spacial score (nSPS) is 29.1. The quantitative estimate of drug-likeness (QED) is 0.653.